The molecule has 0 spiro atoms. The summed E-state index contributed by atoms with van der Waals surface area (Å²) in [6, 6.07) is 0. The molecule has 1 aliphatic rings. The highest BCUT2D eigenvalue weighted by molar-refractivity contribution is 5.80. The van der Waals surface area contributed by atoms with E-state index in [9.17, 15) is 0 Å². The van der Waals surface area contributed by atoms with E-state index < -0.39 is 0 Å². The lowest BCUT2D eigenvalue weighted by Gasteiger charge is -2.16. The van der Waals surface area contributed by atoms with Gasteiger partial charge in [0.15, 0.2) is 0 Å². The summed E-state index contributed by atoms with van der Waals surface area (Å²) in [6.07, 6.45) is 6.51. The molecule has 0 bridgehead atoms. The molecule has 0 saturated heterocycles. The van der Waals surface area contributed by atoms with Gasteiger partial charge in [-0.3, -0.25) is 4.98 Å². The first-order valence-electron chi connectivity index (χ1n) is 6.25. The average molecular weight is 249 g/mol. The van der Waals surface area contributed by atoms with E-state index in [0.29, 0.717) is 6.54 Å². The topological polar surface area (TPSA) is 82.4 Å². The third-order valence-electron chi connectivity index (χ3n) is 3.58. The van der Waals surface area contributed by atoms with E-state index in [0.717, 1.165) is 24.2 Å². The van der Waals surface area contributed by atoms with Crippen molar-refractivity contribution >= 4 is 11.0 Å². The highest BCUT2D eigenvalue weighted by atomic mass is 16.3. The van der Waals surface area contributed by atoms with Gasteiger partial charge in [-0.2, -0.15) is 0 Å². The summed E-state index contributed by atoms with van der Waals surface area (Å²) in [4.78, 5) is 9.05. The van der Waals surface area contributed by atoms with Crippen molar-refractivity contribution in [2.45, 2.75) is 39.2 Å². The number of nitrogens with zero attached hydrogens (tertiary/aromatic N) is 3. The number of fused-ring (bicyclic) bond motifs is 3. The highest BCUT2D eigenvalue weighted by Crippen LogP contribution is 2.27. The van der Waals surface area contributed by atoms with Crippen molar-refractivity contribution < 1.29 is 10.6 Å². The van der Waals surface area contributed by atoms with Crippen LogP contribution in [0.5, 0.6) is 0 Å². The van der Waals surface area contributed by atoms with Crippen molar-refractivity contribution in [3.8, 4) is 0 Å². The van der Waals surface area contributed by atoms with Crippen molar-refractivity contribution in [1.82, 2.24) is 14.5 Å². The summed E-state index contributed by atoms with van der Waals surface area (Å²) in [5, 5.41) is 9.16. The molecule has 18 heavy (non-hydrogen) atoms. The Hall–Kier alpha value is -1.46. The van der Waals surface area contributed by atoms with Gasteiger partial charge in [-0.05, 0) is 38.2 Å². The number of aromatic nitrogens is 3. The molecular formula is C13H19N3O2. The van der Waals surface area contributed by atoms with Gasteiger partial charge in [0.25, 0.3) is 0 Å². The number of rotatable bonds is 2. The van der Waals surface area contributed by atoms with Crippen molar-refractivity contribution in [3.05, 3.63) is 23.3 Å². The van der Waals surface area contributed by atoms with Crippen LogP contribution in [0, 0.1) is 6.92 Å². The Kier molecular flexibility index (Phi) is 3.63. The summed E-state index contributed by atoms with van der Waals surface area (Å²) < 4.78 is 2.13. The van der Waals surface area contributed by atoms with Crippen LogP contribution in [0.4, 0.5) is 0 Å². The Labute approximate surface area is 106 Å². The minimum absolute atomic E-state index is 0. The Balaban J connectivity index is 0.00000120. The van der Waals surface area contributed by atoms with Gasteiger partial charge in [-0.1, -0.05) is 0 Å². The molecule has 0 amide bonds. The predicted octanol–water partition coefficient (Wildman–Crippen LogP) is 0.786. The molecule has 2 aromatic heterocycles. The maximum absolute atomic E-state index is 9.16. The van der Waals surface area contributed by atoms with Crippen LogP contribution in [0.25, 0.3) is 11.0 Å². The zero-order valence-electron chi connectivity index (χ0n) is 10.6. The molecule has 0 saturated carbocycles. The Morgan fingerprint density at radius 1 is 1.33 bits per heavy atom. The minimum atomic E-state index is 0. The van der Waals surface area contributed by atoms with Gasteiger partial charge < -0.3 is 15.1 Å². The molecule has 0 unspecified atom stereocenters. The van der Waals surface area contributed by atoms with Crippen LogP contribution in [-0.4, -0.2) is 31.7 Å². The van der Waals surface area contributed by atoms with Crippen LogP contribution < -0.4 is 0 Å². The number of aryl methyl sites for hydroxylation is 3. The molecule has 98 valence electrons. The molecular weight excluding hydrogens is 230 g/mol. The van der Waals surface area contributed by atoms with E-state index in [2.05, 4.69) is 14.5 Å². The van der Waals surface area contributed by atoms with Crippen LogP contribution >= 0.6 is 0 Å². The van der Waals surface area contributed by atoms with Gasteiger partial charge in [0.05, 0.1) is 18.3 Å². The second kappa shape index (κ2) is 5.04. The van der Waals surface area contributed by atoms with Gasteiger partial charge in [-0.15, -0.1) is 0 Å². The van der Waals surface area contributed by atoms with E-state index >= 15 is 0 Å². The Bertz CT molecular complexity index is 563. The van der Waals surface area contributed by atoms with Gasteiger partial charge in [0.2, 0.25) is 0 Å². The molecule has 1 aliphatic carbocycles. The molecule has 0 fully saturated rings. The average Bonchev–Trinajstić information content (AvgIpc) is 2.67. The summed E-state index contributed by atoms with van der Waals surface area (Å²) in [5.74, 6) is 0.967. The van der Waals surface area contributed by atoms with Crippen molar-refractivity contribution in [2.24, 2.45) is 0 Å². The van der Waals surface area contributed by atoms with Crippen LogP contribution in [0.15, 0.2) is 6.20 Å². The number of hydrogen-bond acceptors (Lipinski definition) is 3. The smallest absolute Gasteiger partial charge is 0.107 e. The van der Waals surface area contributed by atoms with Crippen LogP contribution in [0.2, 0.25) is 0 Å². The molecule has 3 N–H and O–H groups in total. The van der Waals surface area contributed by atoms with E-state index in [1.165, 1.54) is 29.6 Å². The molecule has 5 nitrogen and oxygen atoms in total. The summed E-state index contributed by atoms with van der Waals surface area (Å²) in [7, 11) is 0. The van der Waals surface area contributed by atoms with E-state index in [1.54, 1.807) is 0 Å². The lowest BCUT2D eigenvalue weighted by molar-refractivity contribution is 0.276. The highest BCUT2D eigenvalue weighted by Gasteiger charge is 2.18. The summed E-state index contributed by atoms with van der Waals surface area (Å²) >= 11 is 0. The number of aliphatic hydroxyl groups is 1. The molecule has 0 aromatic carbocycles. The molecule has 3 rings (SSSR count). The quantitative estimate of drug-likeness (QED) is 0.854. The van der Waals surface area contributed by atoms with Gasteiger partial charge >= 0.3 is 0 Å². The molecule has 2 heterocycles. The monoisotopic (exact) mass is 249 g/mol. The van der Waals surface area contributed by atoms with Crippen LogP contribution in [0.1, 0.15) is 29.9 Å². The SMILES string of the molecule is Cc1nc2cnc3c(c2n1CCO)CCCC3.O. The lowest BCUT2D eigenvalue weighted by Crippen LogP contribution is -2.10. The second-order valence-corrected chi connectivity index (χ2v) is 4.66. The fraction of sp³-hybridized carbons (Fsp3) is 0.538. The van der Waals surface area contributed by atoms with Gasteiger partial charge in [-0.25, -0.2) is 4.98 Å². The fourth-order valence-corrected chi connectivity index (χ4v) is 2.79. The predicted molar refractivity (Wildman–Crippen MR) is 69.6 cm³/mol. The number of imidazole rings is 1. The first-order valence-corrected chi connectivity index (χ1v) is 6.25. The van der Waals surface area contributed by atoms with Crippen molar-refractivity contribution in [1.29, 1.82) is 0 Å². The summed E-state index contributed by atoms with van der Waals surface area (Å²) in [5.41, 5.74) is 4.74. The molecule has 0 radical (unpaired) electrons. The van der Waals surface area contributed by atoms with E-state index in [4.69, 9.17) is 5.11 Å². The zero-order valence-corrected chi connectivity index (χ0v) is 10.6. The van der Waals surface area contributed by atoms with Gasteiger partial charge in [0.1, 0.15) is 11.3 Å². The standard InChI is InChI=1S/C13H17N3O.H2O/c1-9-15-12-8-14-11-5-3-2-4-10(11)13(12)16(9)6-7-17;/h8,17H,2-7H2,1H3;1H2. The van der Waals surface area contributed by atoms with E-state index in [1.807, 2.05) is 13.1 Å². The maximum atomic E-state index is 9.16. The fourth-order valence-electron chi connectivity index (χ4n) is 2.79. The number of hydrogen-bond donors (Lipinski definition) is 1. The first kappa shape index (κ1) is 13.0. The van der Waals surface area contributed by atoms with E-state index in [-0.39, 0.29) is 12.1 Å². The normalized spacial score (nSPS) is 14.3. The second-order valence-electron chi connectivity index (χ2n) is 4.66. The van der Waals surface area contributed by atoms with Gasteiger partial charge in [0, 0.05) is 12.2 Å². The largest absolute Gasteiger partial charge is 0.412 e. The maximum Gasteiger partial charge on any atom is 0.107 e. The lowest BCUT2D eigenvalue weighted by atomic mass is 9.95. The van der Waals surface area contributed by atoms with Crippen LogP contribution in [-0.2, 0) is 19.4 Å². The Morgan fingerprint density at radius 2 is 2.11 bits per heavy atom. The first-order chi connectivity index (χ1) is 8.31. The van der Waals surface area contributed by atoms with Crippen molar-refractivity contribution in [2.75, 3.05) is 6.61 Å². The molecule has 0 aliphatic heterocycles. The minimum Gasteiger partial charge on any atom is -0.412 e. The number of aliphatic hydroxyl groups excluding tert-OH is 1. The molecule has 2 aromatic rings. The third-order valence-corrected chi connectivity index (χ3v) is 3.58. The summed E-state index contributed by atoms with van der Waals surface area (Å²) in [6.45, 7) is 2.77. The Morgan fingerprint density at radius 3 is 2.89 bits per heavy atom. The van der Waals surface area contributed by atoms with Crippen LogP contribution in [0.3, 0.4) is 0 Å². The molecule has 0 atom stereocenters. The zero-order chi connectivity index (χ0) is 11.8. The third kappa shape index (κ3) is 1.89. The number of pyridine rings is 1. The van der Waals surface area contributed by atoms with Crippen molar-refractivity contribution in [3.63, 3.8) is 0 Å². The molecule has 5 heteroatoms.